The van der Waals surface area contributed by atoms with Crippen molar-refractivity contribution in [3.63, 3.8) is 0 Å². The van der Waals surface area contributed by atoms with E-state index in [0.29, 0.717) is 5.92 Å². The molecule has 1 saturated heterocycles. The third-order valence-corrected chi connectivity index (χ3v) is 6.36. The van der Waals surface area contributed by atoms with Gasteiger partial charge in [0.1, 0.15) is 0 Å². The number of aromatic nitrogens is 5. The number of likely N-dealkylation sites (tertiary alicyclic amines) is 1. The van der Waals surface area contributed by atoms with E-state index in [4.69, 9.17) is 10.1 Å². The monoisotopic (exact) mass is 390 g/mol. The third kappa shape index (κ3) is 3.43. The first kappa shape index (κ1) is 17.5. The van der Waals surface area contributed by atoms with Gasteiger partial charge in [-0.2, -0.15) is 5.10 Å². The number of aryl methyl sites for hydroxylation is 1. The minimum atomic E-state index is 0.381. The van der Waals surface area contributed by atoms with E-state index < -0.39 is 0 Å². The van der Waals surface area contributed by atoms with E-state index >= 15 is 0 Å². The van der Waals surface area contributed by atoms with Crippen LogP contribution in [0.4, 0.5) is 0 Å². The van der Waals surface area contributed by atoms with Crippen molar-refractivity contribution in [2.75, 3.05) is 13.1 Å². The number of pyridine rings is 2. The third-order valence-electron chi connectivity index (χ3n) is 5.44. The predicted molar refractivity (Wildman–Crippen MR) is 110 cm³/mol. The Morgan fingerprint density at radius 2 is 2.04 bits per heavy atom. The van der Waals surface area contributed by atoms with Crippen LogP contribution in [0.5, 0.6) is 0 Å². The van der Waals surface area contributed by atoms with Crippen molar-refractivity contribution in [2.24, 2.45) is 0 Å². The van der Waals surface area contributed by atoms with Crippen LogP contribution in [0, 0.1) is 6.92 Å². The maximum Gasteiger partial charge on any atom is 0.156 e. The van der Waals surface area contributed by atoms with Crippen molar-refractivity contribution in [3.8, 4) is 11.1 Å². The van der Waals surface area contributed by atoms with Gasteiger partial charge < -0.3 is 0 Å². The summed E-state index contributed by atoms with van der Waals surface area (Å²) in [5.41, 5.74) is 6.26. The summed E-state index contributed by atoms with van der Waals surface area (Å²) in [6.07, 6.45) is 8.01. The summed E-state index contributed by atoms with van der Waals surface area (Å²) in [5, 5.41) is 4.83. The lowest BCUT2D eigenvalue weighted by Crippen LogP contribution is -2.34. The molecule has 0 amide bonds. The molecule has 0 spiro atoms. The fourth-order valence-corrected chi connectivity index (χ4v) is 4.70. The van der Waals surface area contributed by atoms with Crippen LogP contribution in [-0.2, 0) is 6.54 Å². The normalized spacial score (nSPS) is 18.0. The maximum atomic E-state index is 4.83. The van der Waals surface area contributed by atoms with Gasteiger partial charge in [0.15, 0.2) is 11.5 Å². The molecule has 1 atom stereocenters. The van der Waals surface area contributed by atoms with Crippen molar-refractivity contribution in [1.82, 2.24) is 29.5 Å². The Balaban J connectivity index is 1.37. The highest BCUT2D eigenvalue weighted by Gasteiger charge is 2.25. The lowest BCUT2D eigenvalue weighted by Gasteiger charge is -2.31. The molecule has 1 fully saturated rings. The minimum Gasteiger partial charge on any atom is -0.297 e. The number of thiazole rings is 1. The van der Waals surface area contributed by atoms with E-state index in [1.165, 1.54) is 11.3 Å². The first-order valence-corrected chi connectivity index (χ1v) is 10.5. The number of rotatable bonds is 4. The summed E-state index contributed by atoms with van der Waals surface area (Å²) in [5.74, 6) is 1.34. The molecule has 28 heavy (non-hydrogen) atoms. The van der Waals surface area contributed by atoms with E-state index in [1.807, 2.05) is 40.6 Å². The average Bonchev–Trinajstić information content (AvgIpc) is 3.34. The lowest BCUT2D eigenvalue weighted by atomic mass is 9.97. The van der Waals surface area contributed by atoms with E-state index in [2.05, 4.69) is 34.1 Å². The minimum absolute atomic E-state index is 0.381. The molecule has 0 N–H and O–H groups in total. The Labute approximate surface area is 167 Å². The molecule has 7 heteroatoms. The number of hydrogen-bond donors (Lipinski definition) is 0. The van der Waals surface area contributed by atoms with Gasteiger partial charge in [-0.3, -0.25) is 9.88 Å². The summed E-state index contributed by atoms with van der Waals surface area (Å²) in [6, 6.07) is 8.18. The highest BCUT2D eigenvalue weighted by molar-refractivity contribution is 7.09. The highest BCUT2D eigenvalue weighted by Crippen LogP contribution is 2.28. The van der Waals surface area contributed by atoms with Crippen molar-refractivity contribution in [2.45, 2.75) is 32.2 Å². The Kier molecular flexibility index (Phi) is 4.62. The van der Waals surface area contributed by atoms with Gasteiger partial charge >= 0.3 is 0 Å². The largest absolute Gasteiger partial charge is 0.297 e. The molecule has 1 aliphatic rings. The number of nitrogens with zero attached hydrogens (tertiary/aromatic N) is 6. The molecule has 4 aromatic heterocycles. The number of hydrogen-bond acceptors (Lipinski definition) is 6. The molecule has 1 aliphatic heterocycles. The van der Waals surface area contributed by atoms with Crippen molar-refractivity contribution < 1.29 is 0 Å². The van der Waals surface area contributed by atoms with E-state index in [1.54, 1.807) is 11.3 Å². The van der Waals surface area contributed by atoms with Crippen LogP contribution in [0.1, 0.15) is 35.2 Å². The highest BCUT2D eigenvalue weighted by atomic mass is 32.1. The van der Waals surface area contributed by atoms with Gasteiger partial charge in [0, 0.05) is 48.0 Å². The van der Waals surface area contributed by atoms with Crippen LogP contribution in [0.15, 0.2) is 48.4 Å². The van der Waals surface area contributed by atoms with Crippen LogP contribution >= 0.6 is 11.3 Å². The fraction of sp³-hybridized carbons (Fsp3) is 0.333. The van der Waals surface area contributed by atoms with E-state index in [0.717, 1.165) is 54.3 Å². The Hall–Kier alpha value is -2.64. The van der Waals surface area contributed by atoms with Crippen molar-refractivity contribution in [1.29, 1.82) is 0 Å². The molecule has 6 nitrogen and oxygen atoms in total. The quantitative estimate of drug-likeness (QED) is 0.528. The van der Waals surface area contributed by atoms with Gasteiger partial charge in [0.05, 0.1) is 11.2 Å². The molecule has 142 valence electrons. The summed E-state index contributed by atoms with van der Waals surface area (Å²) >= 11 is 1.75. The molecule has 5 rings (SSSR count). The summed E-state index contributed by atoms with van der Waals surface area (Å²) in [7, 11) is 0. The Morgan fingerprint density at radius 1 is 1.14 bits per heavy atom. The zero-order chi connectivity index (χ0) is 18.9. The number of piperidine rings is 1. The van der Waals surface area contributed by atoms with Crippen LogP contribution < -0.4 is 0 Å². The molecule has 0 aromatic carbocycles. The molecule has 0 saturated carbocycles. The molecule has 5 heterocycles. The van der Waals surface area contributed by atoms with Crippen LogP contribution in [0.2, 0.25) is 0 Å². The Morgan fingerprint density at radius 3 is 2.86 bits per heavy atom. The molecule has 0 aliphatic carbocycles. The second-order valence-corrected chi connectivity index (χ2v) is 8.30. The van der Waals surface area contributed by atoms with Gasteiger partial charge in [-0.25, -0.2) is 14.5 Å². The summed E-state index contributed by atoms with van der Waals surface area (Å²) < 4.78 is 1.91. The molecular weight excluding hydrogens is 368 g/mol. The standard InChI is InChI=1S/C21H22N6S/c1-15-19(28-14-23-15)13-26-10-2-3-18(11-26)21-24-20-5-4-17(12-27(20)25-21)16-6-8-22-9-7-16/h4-9,12,14,18H,2-3,10-11,13H2,1H3/t18-/m1/s1. The van der Waals surface area contributed by atoms with Gasteiger partial charge in [-0.15, -0.1) is 11.3 Å². The van der Waals surface area contributed by atoms with Crippen LogP contribution in [-0.4, -0.2) is 42.6 Å². The average molecular weight is 391 g/mol. The molecular formula is C21H22N6S. The summed E-state index contributed by atoms with van der Waals surface area (Å²) in [4.78, 5) is 17.2. The van der Waals surface area contributed by atoms with Gasteiger partial charge in [-0.1, -0.05) is 0 Å². The molecule has 0 unspecified atom stereocenters. The predicted octanol–water partition coefficient (Wildman–Crippen LogP) is 3.94. The summed E-state index contributed by atoms with van der Waals surface area (Å²) in [6.45, 7) is 5.21. The SMILES string of the molecule is Cc1ncsc1CN1CCC[C@@H](c2nc3ccc(-c4ccncc4)cn3n2)C1. The maximum absolute atomic E-state index is 4.83. The first-order chi connectivity index (χ1) is 13.8. The van der Waals surface area contributed by atoms with Crippen LogP contribution in [0.25, 0.3) is 16.8 Å². The second kappa shape index (κ2) is 7.41. The first-order valence-electron chi connectivity index (χ1n) is 9.64. The van der Waals surface area contributed by atoms with Gasteiger partial charge in [0.2, 0.25) is 0 Å². The van der Waals surface area contributed by atoms with Crippen molar-refractivity contribution in [3.05, 3.63) is 64.8 Å². The topological polar surface area (TPSA) is 59.2 Å². The fourth-order valence-electron chi connectivity index (χ4n) is 3.88. The lowest BCUT2D eigenvalue weighted by molar-refractivity contribution is 0.198. The zero-order valence-corrected chi connectivity index (χ0v) is 16.6. The van der Waals surface area contributed by atoms with Gasteiger partial charge in [0.25, 0.3) is 0 Å². The zero-order valence-electron chi connectivity index (χ0n) is 15.8. The van der Waals surface area contributed by atoms with E-state index in [9.17, 15) is 0 Å². The van der Waals surface area contributed by atoms with E-state index in [-0.39, 0.29) is 0 Å². The molecule has 0 bridgehead atoms. The smallest absolute Gasteiger partial charge is 0.156 e. The Bertz CT molecular complexity index is 1090. The second-order valence-electron chi connectivity index (χ2n) is 7.36. The van der Waals surface area contributed by atoms with Crippen LogP contribution in [0.3, 0.4) is 0 Å². The van der Waals surface area contributed by atoms with Crippen molar-refractivity contribution >= 4 is 17.0 Å². The van der Waals surface area contributed by atoms with Gasteiger partial charge in [-0.05, 0) is 56.1 Å². The molecule has 0 radical (unpaired) electrons. The number of fused-ring (bicyclic) bond motifs is 1. The molecule has 4 aromatic rings.